The molecule has 29 heavy (non-hydrogen) atoms. The maximum atomic E-state index is 14.7. The smallest absolute Gasteiger partial charge is 0.423 e. The Morgan fingerprint density at radius 2 is 1.79 bits per heavy atom. The third kappa shape index (κ3) is 5.32. The molecular weight excluding hydrogens is 397 g/mol. The first-order valence-electron chi connectivity index (χ1n) is 9.42. The minimum Gasteiger partial charge on any atom is -0.423 e. The van der Waals surface area contributed by atoms with Crippen LogP contribution >= 0.6 is 0 Å². The highest BCUT2D eigenvalue weighted by atomic mass is 28.4. The monoisotopic (exact) mass is 426 g/mol. The van der Waals surface area contributed by atoms with Gasteiger partial charge in [-0.2, -0.15) is 5.10 Å². The van der Waals surface area contributed by atoms with E-state index in [0.717, 1.165) is 6.07 Å². The Bertz CT molecular complexity index is 853. The van der Waals surface area contributed by atoms with Crippen LogP contribution in [0.25, 0.3) is 11.1 Å². The van der Waals surface area contributed by atoms with E-state index >= 15 is 0 Å². The van der Waals surface area contributed by atoms with Crippen LogP contribution in [0.1, 0.15) is 26.5 Å². The third-order valence-electron chi connectivity index (χ3n) is 5.42. The van der Waals surface area contributed by atoms with E-state index in [-0.39, 0.29) is 17.2 Å². The number of halogens is 2. The highest BCUT2D eigenvalue weighted by Gasteiger charge is 2.37. The first-order chi connectivity index (χ1) is 13.4. The lowest BCUT2D eigenvalue weighted by molar-refractivity contribution is 0.183. The lowest BCUT2D eigenvalue weighted by Gasteiger charge is -2.36. The van der Waals surface area contributed by atoms with Gasteiger partial charge in [-0.3, -0.25) is 4.68 Å². The highest BCUT2D eigenvalue weighted by molar-refractivity contribution is 6.74. The number of ether oxygens (including phenoxy) is 1. The molecule has 1 aromatic heterocycles. The van der Waals surface area contributed by atoms with Gasteiger partial charge in [0, 0.05) is 29.9 Å². The van der Waals surface area contributed by atoms with Gasteiger partial charge in [-0.05, 0) is 18.1 Å². The molecule has 2 aromatic rings. The van der Waals surface area contributed by atoms with Crippen LogP contribution in [0, 0.1) is 11.6 Å². The number of nitrogens with zero attached hydrogens (tertiary/aromatic N) is 2. The van der Waals surface area contributed by atoms with Crippen LogP contribution in [0.4, 0.5) is 8.78 Å². The number of benzene rings is 1. The Hall–Kier alpha value is -1.59. The Morgan fingerprint density at radius 3 is 2.34 bits per heavy atom. The molecule has 0 saturated carbocycles. The minimum atomic E-state index is -2.09. The van der Waals surface area contributed by atoms with Crippen molar-refractivity contribution in [2.24, 2.45) is 0 Å². The van der Waals surface area contributed by atoms with Gasteiger partial charge in [-0.15, -0.1) is 0 Å². The molecule has 6 nitrogen and oxygen atoms in total. The molecule has 2 N–H and O–H groups in total. The second kappa shape index (κ2) is 9.05. The topological polar surface area (TPSA) is 76.7 Å². The molecule has 0 spiro atoms. The summed E-state index contributed by atoms with van der Waals surface area (Å²) in [5.41, 5.74) is 0.359. The van der Waals surface area contributed by atoms with Crippen molar-refractivity contribution in [3.05, 3.63) is 35.7 Å². The van der Waals surface area contributed by atoms with Crippen molar-refractivity contribution in [3.63, 3.8) is 0 Å². The van der Waals surface area contributed by atoms with Gasteiger partial charge in [0.25, 0.3) is 0 Å². The van der Waals surface area contributed by atoms with Crippen molar-refractivity contribution in [1.29, 1.82) is 0 Å². The van der Waals surface area contributed by atoms with Crippen LogP contribution in [0.15, 0.2) is 18.3 Å². The molecule has 1 heterocycles. The Morgan fingerprint density at radius 1 is 1.14 bits per heavy atom. The molecule has 0 unspecified atom stereocenters. The Balaban J connectivity index is 2.45. The number of rotatable bonds is 8. The summed E-state index contributed by atoms with van der Waals surface area (Å²) >= 11 is 0. The SMILES string of the molecule is COCCn1cc(-c2ccc(B(O)O)c(F)c2F)c(CO[Si](C)(C)C(C)(C)C)n1. The fourth-order valence-electron chi connectivity index (χ4n) is 2.53. The van der Waals surface area contributed by atoms with Gasteiger partial charge in [-0.1, -0.05) is 32.9 Å². The molecule has 0 amide bonds. The van der Waals surface area contributed by atoms with Crippen molar-refractivity contribution in [2.75, 3.05) is 13.7 Å². The second-order valence-electron chi connectivity index (χ2n) is 8.50. The van der Waals surface area contributed by atoms with E-state index in [2.05, 4.69) is 39.0 Å². The van der Waals surface area contributed by atoms with Gasteiger partial charge in [-0.25, -0.2) is 8.78 Å². The second-order valence-corrected chi connectivity index (χ2v) is 13.3. The average Bonchev–Trinajstić information content (AvgIpc) is 3.02. The molecule has 1 aromatic carbocycles. The molecular formula is C19H29BF2N2O4Si. The molecule has 0 aliphatic heterocycles. The molecule has 0 radical (unpaired) electrons. The molecule has 0 saturated heterocycles. The molecule has 0 aliphatic rings. The summed E-state index contributed by atoms with van der Waals surface area (Å²) in [6.07, 6.45) is 1.62. The Labute approximate surface area is 171 Å². The van der Waals surface area contributed by atoms with E-state index in [9.17, 15) is 18.8 Å². The van der Waals surface area contributed by atoms with Gasteiger partial charge in [0.05, 0.1) is 25.5 Å². The van der Waals surface area contributed by atoms with E-state index < -0.39 is 32.5 Å². The summed E-state index contributed by atoms with van der Waals surface area (Å²) in [5, 5.41) is 22.9. The largest absolute Gasteiger partial charge is 0.491 e. The van der Waals surface area contributed by atoms with Crippen LogP contribution in [0.2, 0.25) is 18.1 Å². The van der Waals surface area contributed by atoms with Crippen molar-refractivity contribution in [2.45, 2.75) is 52.1 Å². The van der Waals surface area contributed by atoms with Crippen molar-refractivity contribution in [3.8, 4) is 11.1 Å². The molecule has 0 bridgehead atoms. The minimum absolute atomic E-state index is 0.00982. The Kier molecular flexibility index (Phi) is 7.39. The van der Waals surface area contributed by atoms with Crippen LogP contribution in [-0.4, -0.2) is 49.0 Å². The van der Waals surface area contributed by atoms with Crippen molar-refractivity contribution < 1.29 is 28.0 Å². The standard InChI is InChI=1S/C19H29BF2N2O4Si/c1-19(2,3)29(5,6)28-12-16-14(11-24(23-16)9-10-27-4)13-7-8-15(20(25)26)18(22)17(13)21/h7-8,11,25-26H,9-10,12H2,1-6H3. The fraction of sp³-hybridized carbons (Fsp3) is 0.526. The zero-order valence-electron chi connectivity index (χ0n) is 17.8. The highest BCUT2D eigenvalue weighted by Crippen LogP contribution is 2.37. The predicted molar refractivity (Wildman–Crippen MR) is 111 cm³/mol. The lowest BCUT2D eigenvalue weighted by Crippen LogP contribution is -2.40. The number of hydrogen-bond acceptors (Lipinski definition) is 5. The molecule has 10 heteroatoms. The van der Waals surface area contributed by atoms with Crippen LogP contribution < -0.4 is 5.46 Å². The summed E-state index contributed by atoms with van der Waals surface area (Å²) in [6.45, 7) is 11.6. The number of methoxy groups -OCH3 is 1. The first kappa shape index (κ1) is 23.7. The van der Waals surface area contributed by atoms with E-state index in [1.165, 1.54) is 6.07 Å². The van der Waals surface area contributed by atoms with Crippen LogP contribution in [-0.2, 0) is 22.3 Å². The predicted octanol–water partition coefficient (Wildman–Crippen LogP) is 2.68. The molecule has 0 aliphatic carbocycles. The summed E-state index contributed by atoms with van der Waals surface area (Å²) in [5.74, 6) is -2.45. The van der Waals surface area contributed by atoms with Gasteiger partial charge < -0.3 is 19.2 Å². The quantitative estimate of drug-likeness (QED) is 0.635. The summed E-state index contributed by atoms with van der Waals surface area (Å²) in [7, 11) is -2.61. The van der Waals surface area contributed by atoms with E-state index in [4.69, 9.17) is 9.16 Å². The molecule has 2 rings (SSSR count). The van der Waals surface area contributed by atoms with Gasteiger partial charge in [0.2, 0.25) is 0 Å². The third-order valence-corrected chi connectivity index (χ3v) is 9.90. The van der Waals surface area contributed by atoms with E-state index in [0.29, 0.717) is 24.4 Å². The van der Waals surface area contributed by atoms with E-state index in [1.54, 1.807) is 18.0 Å². The lowest BCUT2D eigenvalue weighted by atomic mass is 9.79. The maximum absolute atomic E-state index is 14.7. The summed E-state index contributed by atoms with van der Waals surface area (Å²) < 4.78 is 41.9. The van der Waals surface area contributed by atoms with Crippen molar-refractivity contribution in [1.82, 2.24) is 9.78 Å². The molecule has 160 valence electrons. The van der Waals surface area contributed by atoms with Crippen LogP contribution in [0.3, 0.4) is 0 Å². The molecule has 0 fully saturated rings. The van der Waals surface area contributed by atoms with Gasteiger partial charge >= 0.3 is 7.12 Å². The zero-order chi connectivity index (χ0) is 22.0. The number of hydrogen-bond donors (Lipinski definition) is 2. The maximum Gasteiger partial charge on any atom is 0.491 e. The first-order valence-corrected chi connectivity index (χ1v) is 12.3. The normalized spacial score (nSPS) is 12.5. The van der Waals surface area contributed by atoms with Gasteiger partial charge in [0.1, 0.15) is 0 Å². The zero-order valence-corrected chi connectivity index (χ0v) is 18.8. The summed E-state index contributed by atoms with van der Waals surface area (Å²) in [4.78, 5) is 0. The number of aromatic nitrogens is 2. The summed E-state index contributed by atoms with van der Waals surface area (Å²) in [6, 6.07) is 2.48. The van der Waals surface area contributed by atoms with E-state index in [1.807, 2.05) is 0 Å². The van der Waals surface area contributed by atoms with Gasteiger partial charge in [0.15, 0.2) is 20.0 Å². The molecule has 0 atom stereocenters. The fourth-order valence-corrected chi connectivity index (χ4v) is 3.46. The van der Waals surface area contributed by atoms with Crippen LogP contribution in [0.5, 0.6) is 0 Å². The van der Waals surface area contributed by atoms with Crippen molar-refractivity contribution >= 4 is 20.9 Å². The average molecular weight is 426 g/mol.